The highest BCUT2D eigenvalue weighted by Crippen LogP contribution is 2.41. The van der Waals surface area contributed by atoms with E-state index in [0.29, 0.717) is 21.7 Å². The molecular formula is C19H13Cl3N2O6S. The first-order chi connectivity index (χ1) is 14.7. The molecule has 0 radical (unpaired) electrons. The number of benzene rings is 2. The van der Waals surface area contributed by atoms with E-state index in [-0.39, 0.29) is 32.0 Å². The number of esters is 1. The number of fused-ring (bicyclic) bond motifs is 1. The Bertz CT molecular complexity index is 1200. The van der Waals surface area contributed by atoms with Crippen LogP contribution in [0.15, 0.2) is 30.3 Å². The summed E-state index contributed by atoms with van der Waals surface area (Å²) >= 11 is 19.4. The van der Waals surface area contributed by atoms with Crippen molar-refractivity contribution in [1.82, 2.24) is 0 Å². The van der Waals surface area contributed by atoms with Crippen molar-refractivity contribution in [2.75, 3.05) is 18.5 Å². The summed E-state index contributed by atoms with van der Waals surface area (Å²) in [5.74, 6) is -1.31. The van der Waals surface area contributed by atoms with Crippen molar-refractivity contribution >= 4 is 79.5 Å². The van der Waals surface area contributed by atoms with Crippen LogP contribution in [-0.2, 0) is 9.53 Å². The normalized spacial score (nSPS) is 10.7. The zero-order valence-corrected chi connectivity index (χ0v) is 18.8. The van der Waals surface area contributed by atoms with Gasteiger partial charge in [-0.3, -0.25) is 14.9 Å². The van der Waals surface area contributed by atoms with Crippen LogP contribution in [0.4, 0.5) is 11.4 Å². The van der Waals surface area contributed by atoms with Gasteiger partial charge in [0.25, 0.3) is 11.6 Å². The number of carbonyl (C=O) groups excluding carboxylic acids is 2. The summed E-state index contributed by atoms with van der Waals surface area (Å²) in [5, 5.41) is 14.8. The fourth-order valence-electron chi connectivity index (χ4n) is 2.65. The van der Waals surface area contributed by atoms with Gasteiger partial charge in [-0.1, -0.05) is 34.8 Å². The molecule has 3 aromatic rings. The highest BCUT2D eigenvalue weighted by molar-refractivity contribution is 7.21. The molecule has 0 bridgehead atoms. The van der Waals surface area contributed by atoms with Gasteiger partial charge in [-0.2, -0.15) is 0 Å². The SMILES string of the molecule is CCOc1ccc(NC(=O)COC(=O)c2sc3cc(Cl)cc(Cl)c3c2Cl)c([N+](=O)[O-])c1. The zero-order chi connectivity index (χ0) is 22.7. The number of hydrogen-bond donors (Lipinski definition) is 1. The largest absolute Gasteiger partial charge is 0.494 e. The molecule has 0 aliphatic heterocycles. The van der Waals surface area contributed by atoms with Crippen molar-refractivity contribution in [3.63, 3.8) is 0 Å². The Balaban J connectivity index is 1.71. The molecule has 1 N–H and O–H groups in total. The molecule has 0 fully saturated rings. The number of nitro groups is 1. The lowest BCUT2D eigenvalue weighted by molar-refractivity contribution is -0.384. The molecule has 12 heteroatoms. The third-order valence-corrected chi connectivity index (χ3v) is 6.04. The Hall–Kier alpha value is -2.59. The number of nitrogens with zero attached hydrogens (tertiary/aromatic N) is 1. The molecule has 0 unspecified atom stereocenters. The van der Waals surface area contributed by atoms with Gasteiger partial charge in [0.15, 0.2) is 6.61 Å². The first kappa shape index (κ1) is 23.1. The van der Waals surface area contributed by atoms with Crippen molar-refractivity contribution in [3.8, 4) is 5.75 Å². The maximum absolute atomic E-state index is 12.4. The van der Waals surface area contributed by atoms with Crippen LogP contribution in [0.25, 0.3) is 10.1 Å². The Morgan fingerprint density at radius 2 is 1.94 bits per heavy atom. The molecule has 1 amide bonds. The van der Waals surface area contributed by atoms with E-state index in [9.17, 15) is 19.7 Å². The second kappa shape index (κ2) is 9.69. The molecule has 0 atom stereocenters. The Labute approximate surface area is 194 Å². The lowest BCUT2D eigenvalue weighted by Crippen LogP contribution is -2.21. The quantitative estimate of drug-likeness (QED) is 0.242. The molecule has 0 saturated heterocycles. The van der Waals surface area contributed by atoms with Crippen LogP contribution >= 0.6 is 46.1 Å². The van der Waals surface area contributed by atoms with Gasteiger partial charge in [-0.05, 0) is 31.2 Å². The van der Waals surface area contributed by atoms with Crippen molar-refractivity contribution < 1.29 is 24.0 Å². The number of carbonyl (C=O) groups is 2. The molecule has 31 heavy (non-hydrogen) atoms. The average molecular weight is 504 g/mol. The Morgan fingerprint density at radius 3 is 2.61 bits per heavy atom. The molecular weight excluding hydrogens is 491 g/mol. The van der Waals surface area contributed by atoms with Gasteiger partial charge in [0.1, 0.15) is 16.3 Å². The molecule has 3 rings (SSSR count). The fourth-order valence-corrected chi connectivity index (χ4v) is 4.91. The van der Waals surface area contributed by atoms with E-state index < -0.39 is 23.4 Å². The van der Waals surface area contributed by atoms with E-state index in [1.54, 1.807) is 13.0 Å². The van der Waals surface area contributed by atoms with Gasteiger partial charge >= 0.3 is 5.97 Å². The van der Waals surface area contributed by atoms with E-state index in [1.165, 1.54) is 24.3 Å². The smallest absolute Gasteiger partial charge is 0.350 e. The van der Waals surface area contributed by atoms with Gasteiger partial charge in [-0.25, -0.2) is 4.79 Å². The molecule has 8 nitrogen and oxygen atoms in total. The minimum Gasteiger partial charge on any atom is -0.494 e. The fraction of sp³-hybridized carbons (Fsp3) is 0.158. The standard InChI is InChI=1S/C19H13Cl3N2O6S/c1-2-29-10-3-4-12(13(7-10)24(27)28)23-15(25)8-30-19(26)18-17(22)16-11(21)5-9(20)6-14(16)31-18/h3-7H,2,8H2,1H3,(H,23,25). The third kappa shape index (κ3) is 5.19. The molecule has 1 heterocycles. The molecule has 0 aliphatic rings. The summed E-state index contributed by atoms with van der Waals surface area (Å²) < 4.78 is 10.8. The van der Waals surface area contributed by atoms with Crippen LogP contribution in [0.1, 0.15) is 16.6 Å². The first-order valence-electron chi connectivity index (χ1n) is 8.66. The lowest BCUT2D eigenvalue weighted by Gasteiger charge is -2.08. The second-order valence-corrected chi connectivity index (χ2v) is 8.27. The predicted octanol–water partition coefficient (Wildman–Crippen LogP) is 5.96. The van der Waals surface area contributed by atoms with Crippen molar-refractivity contribution in [2.24, 2.45) is 0 Å². The Kier molecular flexibility index (Phi) is 7.22. The number of nitrogens with one attached hydrogen (secondary N) is 1. The molecule has 1 aromatic heterocycles. The maximum atomic E-state index is 12.4. The van der Waals surface area contributed by atoms with Crippen LogP contribution in [0.2, 0.25) is 15.1 Å². The number of anilines is 1. The average Bonchev–Trinajstić information content (AvgIpc) is 3.03. The number of thiophene rings is 1. The summed E-state index contributed by atoms with van der Waals surface area (Å²) in [6.45, 7) is 1.39. The van der Waals surface area contributed by atoms with E-state index in [0.717, 1.165) is 11.3 Å². The summed E-state index contributed by atoms with van der Waals surface area (Å²) in [6, 6.07) is 7.10. The number of nitro benzene ring substituents is 1. The van der Waals surface area contributed by atoms with Gasteiger partial charge in [-0.15, -0.1) is 11.3 Å². The monoisotopic (exact) mass is 502 g/mol. The van der Waals surface area contributed by atoms with Gasteiger partial charge < -0.3 is 14.8 Å². The summed E-state index contributed by atoms with van der Waals surface area (Å²) in [5.41, 5.74) is -0.416. The van der Waals surface area contributed by atoms with E-state index >= 15 is 0 Å². The van der Waals surface area contributed by atoms with Gasteiger partial charge in [0, 0.05) is 15.1 Å². The number of ether oxygens (including phenoxy) is 2. The Morgan fingerprint density at radius 1 is 1.19 bits per heavy atom. The van der Waals surface area contributed by atoms with Crippen LogP contribution in [0.3, 0.4) is 0 Å². The number of hydrogen-bond acceptors (Lipinski definition) is 7. The zero-order valence-electron chi connectivity index (χ0n) is 15.7. The third-order valence-electron chi connectivity index (χ3n) is 3.92. The van der Waals surface area contributed by atoms with Gasteiger partial charge in [0.2, 0.25) is 0 Å². The van der Waals surface area contributed by atoms with Crippen molar-refractivity contribution in [1.29, 1.82) is 0 Å². The minimum atomic E-state index is -0.838. The van der Waals surface area contributed by atoms with Gasteiger partial charge in [0.05, 0.1) is 27.6 Å². The predicted molar refractivity (Wildman–Crippen MR) is 120 cm³/mol. The summed E-state index contributed by atoms with van der Waals surface area (Å²) in [7, 11) is 0. The van der Waals surface area contributed by atoms with E-state index in [4.69, 9.17) is 44.3 Å². The first-order valence-corrected chi connectivity index (χ1v) is 10.6. The molecule has 0 saturated carbocycles. The highest BCUT2D eigenvalue weighted by Gasteiger charge is 2.22. The van der Waals surface area contributed by atoms with Crippen molar-refractivity contribution in [3.05, 3.63) is 60.4 Å². The highest BCUT2D eigenvalue weighted by atomic mass is 35.5. The van der Waals surface area contributed by atoms with Crippen LogP contribution in [-0.4, -0.2) is 30.0 Å². The van der Waals surface area contributed by atoms with Crippen molar-refractivity contribution in [2.45, 2.75) is 6.92 Å². The molecule has 0 spiro atoms. The number of rotatable bonds is 7. The summed E-state index contributed by atoms with van der Waals surface area (Å²) in [6.07, 6.45) is 0. The molecule has 0 aliphatic carbocycles. The number of halogens is 3. The topological polar surface area (TPSA) is 108 Å². The van der Waals surface area contributed by atoms with E-state index in [1.807, 2.05) is 0 Å². The van der Waals surface area contributed by atoms with E-state index in [2.05, 4.69) is 5.32 Å². The van der Waals surface area contributed by atoms with Crippen LogP contribution < -0.4 is 10.1 Å². The minimum absolute atomic E-state index is 0.0562. The number of amides is 1. The lowest BCUT2D eigenvalue weighted by atomic mass is 10.2. The molecule has 162 valence electrons. The maximum Gasteiger partial charge on any atom is 0.350 e. The van der Waals surface area contributed by atoms with Crippen LogP contribution in [0.5, 0.6) is 5.75 Å². The van der Waals surface area contributed by atoms with Crippen LogP contribution in [0, 0.1) is 10.1 Å². The molecule has 2 aromatic carbocycles. The summed E-state index contributed by atoms with van der Waals surface area (Å²) in [4.78, 5) is 35.2. The second-order valence-electron chi connectivity index (χ2n) is 6.00.